The summed E-state index contributed by atoms with van der Waals surface area (Å²) in [6, 6.07) is 14.9. The zero-order chi connectivity index (χ0) is 17.1. The van der Waals surface area contributed by atoms with Gasteiger partial charge in [0, 0.05) is 30.4 Å². The second-order valence-corrected chi connectivity index (χ2v) is 5.96. The summed E-state index contributed by atoms with van der Waals surface area (Å²) < 4.78 is 5.20. The number of nitrogens with zero attached hydrogens (tertiary/aromatic N) is 1. The Bertz CT molecular complexity index is 755. The number of hydrogen-bond donors (Lipinski definition) is 1. The maximum atomic E-state index is 12.4. The molecular formula is C19H20N2O3. The molecule has 0 bridgehead atoms. The van der Waals surface area contributed by atoms with Gasteiger partial charge in [-0.1, -0.05) is 23.8 Å². The van der Waals surface area contributed by atoms with Crippen LogP contribution in [0.1, 0.15) is 12.0 Å². The molecule has 1 aliphatic heterocycles. The molecule has 1 saturated heterocycles. The summed E-state index contributed by atoms with van der Waals surface area (Å²) in [5.74, 6) is 0.155. The SMILES string of the molecule is COc1cccc(N2CC(C(=O)Nc3ccc(C)cc3)CC2=O)c1. The largest absolute Gasteiger partial charge is 0.497 e. The molecule has 5 heteroatoms. The molecule has 0 saturated carbocycles. The van der Waals surface area contributed by atoms with Crippen molar-refractivity contribution in [3.05, 3.63) is 54.1 Å². The maximum absolute atomic E-state index is 12.4. The zero-order valence-electron chi connectivity index (χ0n) is 13.8. The van der Waals surface area contributed by atoms with Crippen LogP contribution in [0.25, 0.3) is 0 Å². The fourth-order valence-corrected chi connectivity index (χ4v) is 2.79. The van der Waals surface area contributed by atoms with Crippen LogP contribution in [0.15, 0.2) is 48.5 Å². The first-order valence-electron chi connectivity index (χ1n) is 7.89. The van der Waals surface area contributed by atoms with Gasteiger partial charge in [0.05, 0.1) is 13.0 Å². The number of rotatable bonds is 4. The van der Waals surface area contributed by atoms with Gasteiger partial charge in [-0.25, -0.2) is 0 Å². The standard InChI is InChI=1S/C19H20N2O3/c1-13-6-8-15(9-7-13)20-19(23)14-10-18(22)21(12-14)16-4-3-5-17(11-16)24-2/h3-9,11,14H,10,12H2,1-2H3,(H,20,23). The first kappa shape index (κ1) is 16.1. The summed E-state index contributed by atoms with van der Waals surface area (Å²) in [5.41, 5.74) is 2.64. The Hall–Kier alpha value is -2.82. The second kappa shape index (κ2) is 6.74. The van der Waals surface area contributed by atoms with Crippen LogP contribution in [0, 0.1) is 12.8 Å². The molecule has 1 unspecified atom stereocenters. The lowest BCUT2D eigenvalue weighted by Gasteiger charge is -2.17. The average Bonchev–Trinajstić information content (AvgIpc) is 2.99. The fraction of sp³-hybridized carbons (Fsp3) is 0.263. The summed E-state index contributed by atoms with van der Waals surface area (Å²) >= 11 is 0. The lowest BCUT2D eigenvalue weighted by Crippen LogP contribution is -2.28. The topological polar surface area (TPSA) is 58.6 Å². The monoisotopic (exact) mass is 324 g/mol. The van der Waals surface area contributed by atoms with Crippen LogP contribution in [0.4, 0.5) is 11.4 Å². The average molecular weight is 324 g/mol. The molecule has 124 valence electrons. The third kappa shape index (κ3) is 3.40. The fourth-order valence-electron chi connectivity index (χ4n) is 2.79. The smallest absolute Gasteiger partial charge is 0.229 e. The van der Waals surface area contributed by atoms with Crippen LogP contribution in [0.2, 0.25) is 0 Å². The third-order valence-electron chi connectivity index (χ3n) is 4.18. The predicted octanol–water partition coefficient (Wildman–Crippen LogP) is 3.00. The Morgan fingerprint density at radius 2 is 1.96 bits per heavy atom. The highest BCUT2D eigenvalue weighted by Crippen LogP contribution is 2.28. The molecule has 0 radical (unpaired) electrons. The van der Waals surface area contributed by atoms with E-state index < -0.39 is 0 Å². The molecule has 1 fully saturated rings. The van der Waals surface area contributed by atoms with Gasteiger partial charge in [0.2, 0.25) is 11.8 Å². The molecule has 1 aliphatic rings. The quantitative estimate of drug-likeness (QED) is 0.940. The molecule has 24 heavy (non-hydrogen) atoms. The predicted molar refractivity (Wildman–Crippen MR) is 93.3 cm³/mol. The van der Waals surface area contributed by atoms with Crippen LogP contribution < -0.4 is 15.0 Å². The highest BCUT2D eigenvalue weighted by Gasteiger charge is 2.35. The van der Waals surface area contributed by atoms with Crippen molar-refractivity contribution < 1.29 is 14.3 Å². The van der Waals surface area contributed by atoms with Crippen molar-refractivity contribution in [2.75, 3.05) is 23.9 Å². The molecular weight excluding hydrogens is 304 g/mol. The number of carbonyl (C=O) groups excluding carboxylic acids is 2. The first-order valence-corrected chi connectivity index (χ1v) is 7.89. The van der Waals surface area contributed by atoms with Crippen molar-refractivity contribution in [1.29, 1.82) is 0 Å². The molecule has 0 aromatic heterocycles. The van der Waals surface area contributed by atoms with Crippen molar-refractivity contribution >= 4 is 23.2 Å². The van der Waals surface area contributed by atoms with E-state index in [0.717, 1.165) is 16.9 Å². The minimum Gasteiger partial charge on any atom is -0.497 e. The van der Waals surface area contributed by atoms with Gasteiger partial charge in [0.1, 0.15) is 5.75 Å². The minimum absolute atomic E-state index is 0.0488. The summed E-state index contributed by atoms with van der Waals surface area (Å²) in [5, 5.41) is 2.88. The van der Waals surface area contributed by atoms with E-state index in [2.05, 4.69) is 5.32 Å². The van der Waals surface area contributed by atoms with Crippen LogP contribution in [-0.2, 0) is 9.59 Å². The lowest BCUT2D eigenvalue weighted by molar-refractivity contribution is -0.122. The molecule has 3 rings (SSSR count). The maximum Gasteiger partial charge on any atom is 0.229 e. The normalized spacial score (nSPS) is 17.0. The molecule has 2 amide bonds. The van der Waals surface area contributed by atoms with Gasteiger partial charge >= 0.3 is 0 Å². The van der Waals surface area contributed by atoms with Crippen molar-refractivity contribution in [2.24, 2.45) is 5.92 Å². The molecule has 0 aliphatic carbocycles. The molecule has 5 nitrogen and oxygen atoms in total. The van der Waals surface area contributed by atoms with E-state index in [4.69, 9.17) is 4.74 Å². The number of hydrogen-bond acceptors (Lipinski definition) is 3. The number of benzene rings is 2. The summed E-state index contributed by atoms with van der Waals surface area (Å²) in [6.07, 6.45) is 0.217. The molecule has 2 aromatic rings. The molecule has 1 heterocycles. The van der Waals surface area contributed by atoms with Crippen molar-refractivity contribution in [2.45, 2.75) is 13.3 Å². The van der Waals surface area contributed by atoms with E-state index in [9.17, 15) is 9.59 Å². The van der Waals surface area contributed by atoms with E-state index in [0.29, 0.717) is 12.3 Å². The Kier molecular flexibility index (Phi) is 4.51. The van der Waals surface area contributed by atoms with E-state index >= 15 is 0 Å². The number of methoxy groups -OCH3 is 1. The Morgan fingerprint density at radius 3 is 2.67 bits per heavy atom. The van der Waals surface area contributed by atoms with Gasteiger partial charge in [-0.3, -0.25) is 9.59 Å². The van der Waals surface area contributed by atoms with Gasteiger partial charge in [-0.05, 0) is 31.2 Å². The molecule has 0 spiro atoms. The van der Waals surface area contributed by atoms with Crippen LogP contribution in [0.3, 0.4) is 0 Å². The number of amides is 2. The molecule has 1 N–H and O–H groups in total. The summed E-state index contributed by atoms with van der Waals surface area (Å²) in [7, 11) is 1.59. The molecule has 1 atom stereocenters. The van der Waals surface area contributed by atoms with E-state index in [-0.39, 0.29) is 24.2 Å². The van der Waals surface area contributed by atoms with Crippen LogP contribution in [0.5, 0.6) is 5.75 Å². The molecule has 2 aromatic carbocycles. The number of carbonyl (C=O) groups is 2. The number of ether oxygens (including phenoxy) is 1. The van der Waals surface area contributed by atoms with Gasteiger partial charge in [-0.2, -0.15) is 0 Å². The Balaban J connectivity index is 1.69. The van der Waals surface area contributed by atoms with Gasteiger partial charge in [0.15, 0.2) is 0 Å². The van der Waals surface area contributed by atoms with Gasteiger partial charge in [0.25, 0.3) is 0 Å². The van der Waals surface area contributed by atoms with E-state index in [1.54, 1.807) is 18.1 Å². The number of aryl methyl sites for hydroxylation is 1. The minimum atomic E-state index is -0.356. The second-order valence-electron chi connectivity index (χ2n) is 5.96. The Labute approximate surface area is 141 Å². The van der Waals surface area contributed by atoms with Gasteiger partial charge < -0.3 is 15.0 Å². The van der Waals surface area contributed by atoms with E-state index in [1.807, 2.05) is 49.4 Å². The first-order chi connectivity index (χ1) is 11.6. The van der Waals surface area contributed by atoms with Crippen LogP contribution in [-0.4, -0.2) is 25.5 Å². The Morgan fingerprint density at radius 1 is 1.21 bits per heavy atom. The summed E-state index contributed by atoms with van der Waals surface area (Å²) in [4.78, 5) is 26.4. The van der Waals surface area contributed by atoms with Gasteiger partial charge in [-0.15, -0.1) is 0 Å². The lowest BCUT2D eigenvalue weighted by atomic mass is 10.1. The third-order valence-corrected chi connectivity index (χ3v) is 4.18. The highest BCUT2D eigenvalue weighted by atomic mass is 16.5. The van der Waals surface area contributed by atoms with E-state index in [1.165, 1.54) is 0 Å². The summed E-state index contributed by atoms with van der Waals surface area (Å²) in [6.45, 7) is 2.37. The van der Waals surface area contributed by atoms with Crippen molar-refractivity contribution in [3.63, 3.8) is 0 Å². The number of nitrogens with one attached hydrogen (secondary N) is 1. The van der Waals surface area contributed by atoms with Crippen LogP contribution >= 0.6 is 0 Å². The van der Waals surface area contributed by atoms with Crippen molar-refractivity contribution in [1.82, 2.24) is 0 Å². The number of anilines is 2. The highest BCUT2D eigenvalue weighted by molar-refractivity contribution is 6.03. The zero-order valence-corrected chi connectivity index (χ0v) is 13.8. The van der Waals surface area contributed by atoms with Crippen molar-refractivity contribution in [3.8, 4) is 5.75 Å².